The van der Waals surface area contributed by atoms with Crippen molar-refractivity contribution >= 4 is 15.8 Å². The summed E-state index contributed by atoms with van der Waals surface area (Å²) in [6, 6.07) is 9.36. The Morgan fingerprint density at radius 3 is 2.60 bits per heavy atom. The zero-order chi connectivity index (χ0) is 18.4. The Morgan fingerprint density at radius 1 is 1.28 bits per heavy atom. The molecule has 0 radical (unpaired) electrons. The molecule has 0 amide bonds. The first kappa shape index (κ1) is 19.0. The van der Waals surface area contributed by atoms with Gasteiger partial charge < -0.3 is 14.8 Å². The van der Waals surface area contributed by atoms with Crippen LogP contribution in [-0.4, -0.2) is 50.2 Å². The number of hydrogen-bond donors (Lipinski definition) is 1. The van der Waals surface area contributed by atoms with Gasteiger partial charge in [0.15, 0.2) is 15.8 Å². The summed E-state index contributed by atoms with van der Waals surface area (Å²) in [5.41, 5.74) is 1.10. The van der Waals surface area contributed by atoms with Crippen LogP contribution in [0.25, 0.3) is 0 Å². The Kier molecular flexibility index (Phi) is 6.19. The highest BCUT2D eigenvalue weighted by Crippen LogP contribution is 2.14. The lowest BCUT2D eigenvalue weighted by Gasteiger charge is -2.22. The predicted molar refractivity (Wildman–Crippen MR) is 96.7 cm³/mol. The third kappa shape index (κ3) is 4.82. The molecule has 2 aromatic rings. The van der Waals surface area contributed by atoms with E-state index in [0.29, 0.717) is 12.5 Å². The van der Waals surface area contributed by atoms with Crippen LogP contribution >= 0.6 is 0 Å². The van der Waals surface area contributed by atoms with Gasteiger partial charge >= 0.3 is 0 Å². The van der Waals surface area contributed by atoms with E-state index in [1.165, 1.54) is 18.2 Å². The Labute approximate surface area is 147 Å². The lowest BCUT2D eigenvalue weighted by Crippen LogP contribution is -2.40. The number of aliphatic imine (C=N–C) groups is 1. The SMILES string of the molecule is CN=C(NCCS(=O)(=O)c1ccccc1F)N(C)Cc1cccn1C. The van der Waals surface area contributed by atoms with Crippen LogP contribution in [-0.2, 0) is 23.4 Å². The average molecular weight is 366 g/mol. The molecule has 0 spiro atoms. The number of halogens is 1. The second-order valence-electron chi connectivity index (χ2n) is 5.69. The maximum absolute atomic E-state index is 13.7. The molecular formula is C17H23FN4O2S. The number of nitrogens with one attached hydrogen (secondary N) is 1. The van der Waals surface area contributed by atoms with E-state index in [2.05, 4.69) is 10.3 Å². The maximum Gasteiger partial charge on any atom is 0.193 e. The van der Waals surface area contributed by atoms with Crippen molar-refractivity contribution in [2.24, 2.45) is 12.0 Å². The van der Waals surface area contributed by atoms with Gasteiger partial charge in [0, 0.05) is 39.6 Å². The zero-order valence-corrected chi connectivity index (χ0v) is 15.4. The number of sulfone groups is 1. The predicted octanol–water partition coefficient (Wildman–Crippen LogP) is 1.65. The fourth-order valence-electron chi connectivity index (χ4n) is 2.47. The van der Waals surface area contributed by atoms with E-state index in [4.69, 9.17) is 0 Å². The molecule has 1 N–H and O–H groups in total. The summed E-state index contributed by atoms with van der Waals surface area (Å²) in [6.07, 6.45) is 1.96. The lowest BCUT2D eigenvalue weighted by atomic mass is 10.3. The smallest absolute Gasteiger partial charge is 0.193 e. The lowest BCUT2D eigenvalue weighted by molar-refractivity contribution is 0.463. The van der Waals surface area contributed by atoms with Crippen LogP contribution in [0.1, 0.15) is 5.69 Å². The van der Waals surface area contributed by atoms with Gasteiger partial charge in [0.25, 0.3) is 0 Å². The second kappa shape index (κ2) is 8.15. The fourth-order valence-corrected chi connectivity index (χ4v) is 3.71. The number of guanidine groups is 1. The van der Waals surface area contributed by atoms with Crippen molar-refractivity contribution in [1.29, 1.82) is 0 Å². The molecule has 0 aliphatic carbocycles. The quantitative estimate of drug-likeness (QED) is 0.624. The van der Waals surface area contributed by atoms with Crippen molar-refractivity contribution in [1.82, 2.24) is 14.8 Å². The minimum Gasteiger partial charge on any atom is -0.355 e. The Balaban J connectivity index is 1.95. The van der Waals surface area contributed by atoms with E-state index in [1.807, 2.05) is 41.9 Å². The summed E-state index contributed by atoms with van der Waals surface area (Å²) in [5.74, 6) is -0.372. The molecule has 0 unspecified atom stereocenters. The molecule has 1 heterocycles. The molecule has 6 nitrogen and oxygen atoms in total. The van der Waals surface area contributed by atoms with Crippen LogP contribution < -0.4 is 5.32 Å². The summed E-state index contributed by atoms with van der Waals surface area (Å²) < 4.78 is 40.2. The first-order valence-electron chi connectivity index (χ1n) is 7.84. The molecule has 1 aromatic heterocycles. The van der Waals surface area contributed by atoms with Gasteiger partial charge in [-0.15, -0.1) is 0 Å². The van der Waals surface area contributed by atoms with Gasteiger partial charge in [-0.25, -0.2) is 12.8 Å². The van der Waals surface area contributed by atoms with Crippen LogP contribution in [0.2, 0.25) is 0 Å². The van der Waals surface area contributed by atoms with Gasteiger partial charge in [-0.1, -0.05) is 12.1 Å². The van der Waals surface area contributed by atoms with Crippen LogP contribution in [0.15, 0.2) is 52.5 Å². The van der Waals surface area contributed by atoms with Crippen molar-refractivity contribution in [3.63, 3.8) is 0 Å². The van der Waals surface area contributed by atoms with E-state index in [1.54, 1.807) is 7.05 Å². The number of hydrogen-bond acceptors (Lipinski definition) is 3. The molecule has 1 aromatic carbocycles. The van der Waals surface area contributed by atoms with Crippen LogP contribution in [0.3, 0.4) is 0 Å². The molecule has 0 bridgehead atoms. The highest BCUT2D eigenvalue weighted by Gasteiger charge is 2.19. The molecule has 136 valence electrons. The summed E-state index contributed by atoms with van der Waals surface area (Å²) >= 11 is 0. The second-order valence-corrected chi connectivity index (χ2v) is 7.77. The molecule has 8 heteroatoms. The van der Waals surface area contributed by atoms with E-state index >= 15 is 0 Å². The number of nitrogens with zero attached hydrogens (tertiary/aromatic N) is 3. The average Bonchev–Trinajstić information content (AvgIpc) is 2.96. The molecule has 25 heavy (non-hydrogen) atoms. The van der Waals surface area contributed by atoms with Gasteiger partial charge in [-0.2, -0.15) is 0 Å². The summed E-state index contributed by atoms with van der Waals surface area (Å²) in [7, 11) is 1.77. The fraction of sp³-hybridized carbons (Fsp3) is 0.353. The first-order chi connectivity index (χ1) is 11.8. The summed E-state index contributed by atoms with van der Waals surface area (Å²) in [5, 5.41) is 3.01. The number of benzene rings is 1. The third-order valence-electron chi connectivity index (χ3n) is 3.85. The van der Waals surface area contributed by atoms with Gasteiger partial charge in [0.05, 0.1) is 12.3 Å². The minimum atomic E-state index is -3.69. The summed E-state index contributed by atoms with van der Waals surface area (Å²) in [6.45, 7) is 0.768. The van der Waals surface area contributed by atoms with Crippen molar-refractivity contribution < 1.29 is 12.8 Å². The normalized spacial score (nSPS) is 12.2. The minimum absolute atomic E-state index is 0.140. The Bertz CT molecular complexity index is 846. The molecule has 0 aliphatic heterocycles. The number of aryl methyl sites for hydroxylation is 1. The van der Waals surface area contributed by atoms with Crippen LogP contribution in [0, 0.1) is 5.82 Å². The molecule has 0 aliphatic rings. The maximum atomic E-state index is 13.7. The van der Waals surface area contributed by atoms with E-state index in [-0.39, 0.29) is 17.2 Å². The molecule has 0 atom stereocenters. The van der Waals surface area contributed by atoms with Gasteiger partial charge in [0.2, 0.25) is 0 Å². The van der Waals surface area contributed by atoms with Crippen molar-refractivity contribution in [2.45, 2.75) is 11.4 Å². The number of rotatable bonds is 6. The van der Waals surface area contributed by atoms with E-state index in [9.17, 15) is 12.8 Å². The number of aromatic nitrogens is 1. The van der Waals surface area contributed by atoms with Crippen molar-refractivity contribution in [2.75, 3.05) is 26.4 Å². The Morgan fingerprint density at radius 2 is 2.00 bits per heavy atom. The largest absolute Gasteiger partial charge is 0.355 e. The topological polar surface area (TPSA) is 66.7 Å². The monoisotopic (exact) mass is 366 g/mol. The van der Waals surface area contributed by atoms with Crippen molar-refractivity contribution in [3.8, 4) is 0 Å². The van der Waals surface area contributed by atoms with E-state index < -0.39 is 15.7 Å². The molecular weight excluding hydrogens is 343 g/mol. The first-order valence-corrected chi connectivity index (χ1v) is 9.49. The molecule has 0 saturated carbocycles. The van der Waals surface area contributed by atoms with E-state index in [0.717, 1.165) is 11.8 Å². The van der Waals surface area contributed by atoms with Crippen molar-refractivity contribution in [3.05, 3.63) is 54.1 Å². The Hall–Kier alpha value is -2.35. The highest BCUT2D eigenvalue weighted by molar-refractivity contribution is 7.91. The third-order valence-corrected chi connectivity index (χ3v) is 5.59. The standard InChI is InChI=1S/C17H23FN4O2S/c1-19-17(22(3)13-14-7-6-11-21(14)2)20-10-12-25(23,24)16-9-5-4-8-15(16)18/h4-9,11H,10,12-13H2,1-3H3,(H,19,20). The highest BCUT2D eigenvalue weighted by atomic mass is 32.2. The zero-order valence-electron chi connectivity index (χ0n) is 14.6. The van der Waals surface area contributed by atoms with Crippen LogP contribution in [0.5, 0.6) is 0 Å². The molecule has 0 fully saturated rings. The molecule has 0 saturated heterocycles. The van der Waals surface area contributed by atoms with Gasteiger partial charge in [-0.3, -0.25) is 4.99 Å². The molecule has 2 rings (SSSR count). The van der Waals surface area contributed by atoms with Crippen LogP contribution in [0.4, 0.5) is 4.39 Å². The summed E-state index contributed by atoms with van der Waals surface area (Å²) in [4.78, 5) is 5.78. The van der Waals surface area contributed by atoms with Gasteiger partial charge in [0.1, 0.15) is 10.7 Å². The van der Waals surface area contributed by atoms with Gasteiger partial charge in [-0.05, 0) is 24.3 Å².